The molecule has 1 aromatic carbocycles. The number of ether oxygens (including phenoxy) is 1. The largest absolute Gasteiger partial charge is 0.466 e. The quantitative estimate of drug-likeness (QED) is 0.590. The van der Waals surface area contributed by atoms with Crippen molar-refractivity contribution in [3.8, 4) is 0 Å². The predicted octanol–water partition coefficient (Wildman–Crippen LogP) is 1.94. The molecule has 1 aromatic rings. The van der Waals surface area contributed by atoms with Crippen LogP contribution in [0.15, 0.2) is 18.2 Å². The zero-order valence-electron chi connectivity index (χ0n) is 9.75. The van der Waals surface area contributed by atoms with Crippen LogP contribution in [-0.4, -0.2) is 19.1 Å². The topological polar surface area (TPSA) is 64.3 Å². The monoisotopic (exact) mass is 222 g/mol. The van der Waals surface area contributed by atoms with Crippen molar-refractivity contribution >= 4 is 17.3 Å². The number of aryl methyl sites for hydroxylation is 1. The van der Waals surface area contributed by atoms with Crippen molar-refractivity contribution in [3.63, 3.8) is 0 Å². The second-order valence-electron chi connectivity index (χ2n) is 3.55. The number of nitrogens with two attached hydrogens (primary N) is 1. The number of nitrogen functional groups attached to an aromatic ring is 1. The van der Waals surface area contributed by atoms with Gasteiger partial charge in [-0.1, -0.05) is 6.07 Å². The van der Waals surface area contributed by atoms with Crippen molar-refractivity contribution in [1.82, 2.24) is 0 Å². The van der Waals surface area contributed by atoms with Crippen LogP contribution in [0.25, 0.3) is 0 Å². The molecule has 0 heterocycles. The van der Waals surface area contributed by atoms with E-state index in [1.54, 1.807) is 6.92 Å². The molecule has 0 aliphatic heterocycles. The zero-order chi connectivity index (χ0) is 12.0. The summed E-state index contributed by atoms with van der Waals surface area (Å²) in [6, 6.07) is 5.75. The summed E-state index contributed by atoms with van der Waals surface area (Å²) < 4.78 is 4.82. The number of benzene rings is 1. The maximum Gasteiger partial charge on any atom is 0.307 e. The first-order valence-corrected chi connectivity index (χ1v) is 5.39. The van der Waals surface area contributed by atoms with Gasteiger partial charge < -0.3 is 15.8 Å². The van der Waals surface area contributed by atoms with E-state index in [0.717, 1.165) is 16.9 Å². The van der Waals surface area contributed by atoms with Crippen LogP contribution >= 0.6 is 0 Å². The first-order chi connectivity index (χ1) is 7.63. The summed E-state index contributed by atoms with van der Waals surface area (Å²) in [6.45, 7) is 4.74. The summed E-state index contributed by atoms with van der Waals surface area (Å²) in [6.07, 6.45) is 0.363. The van der Waals surface area contributed by atoms with E-state index in [-0.39, 0.29) is 5.97 Å². The molecule has 1 rings (SSSR count). The molecule has 3 N–H and O–H groups in total. The molecular weight excluding hydrogens is 204 g/mol. The Bertz CT molecular complexity index is 364. The summed E-state index contributed by atoms with van der Waals surface area (Å²) in [4.78, 5) is 11.1. The van der Waals surface area contributed by atoms with Crippen LogP contribution in [0.1, 0.15) is 18.9 Å². The SMILES string of the molecule is CCOC(=O)CCNc1ccc(C)c(N)c1. The molecule has 0 radical (unpaired) electrons. The van der Waals surface area contributed by atoms with Crippen LogP contribution in [0, 0.1) is 6.92 Å². The number of carbonyl (C=O) groups excluding carboxylic acids is 1. The highest BCUT2D eigenvalue weighted by atomic mass is 16.5. The third-order valence-corrected chi connectivity index (χ3v) is 2.24. The number of esters is 1. The Balaban J connectivity index is 2.37. The average Bonchev–Trinajstić information content (AvgIpc) is 2.24. The van der Waals surface area contributed by atoms with Crippen LogP contribution in [0.4, 0.5) is 11.4 Å². The normalized spacial score (nSPS) is 9.88. The second-order valence-corrected chi connectivity index (χ2v) is 3.55. The van der Waals surface area contributed by atoms with Crippen molar-refractivity contribution in [2.75, 3.05) is 24.2 Å². The van der Waals surface area contributed by atoms with E-state index in [4.69, 9.17) is 10.5 Å². The lowest BCUT2D eigenvalue weighted by atomic mass is 10.2. The lowest BCUT2D eigenvalue weighted by molar-refractivity contribution is -0.142. The first-order valence-electron chi connectivity index (χ1n) is 5.39. The van der Waals surface area contributed by atoms with Gasteiger partial charge in [-0.05, 0) is 31.5 Å². The van der Waals surface area contributed by atoms with E-state index >= 15 is 0 Å². The first kappa shape index (κ1) is 12.4. The maximum absolute atomic E-state index is 11.1. The lowest BCUT2D eigenvalue weighted by Crippen LogP contribution is -2.11. The molecule has 0 aliphatic carbocycles. The van der Waals surface area contributed by atoms with Gasteiger partial charge in [0.1, 0.15) is 0 Å². The Hall–Kier alpha value is -1.71. The fourth-order valence-electron chi connectivity index (χ4n) is 1.29. The highest BCUT2D eigenvalue weighted by Gasteiger charge is 2.01. The molecule has 0 saturated heterocycles. The summed E-state index contributed by atoms with van der Waals surface area (Å²) in [5.41, 5.74) is 8.49. The van der Waals surface area contributed by atoms with E-state index in [2.05, 4.69) is 5.32 Å². The summed E-state index contributed by atoms with van der Waals surface area (Å²) in [5, 5.41) is 3.12. The number of nitrogens with one attached hydrogen (secondary N) is 1. The fourth-order valence-corrected chi connectivity index (χ4v) is 1.29. The summed E-state index contributed by atoms with van der Waals surface area (Å²) in [5.74, 6) is -0.185. The minimum atomic E-state index is -0.185. The summed E-state index contributed by atoms with van der Waals surface area (Å²) in [7, 11) is 0. The van der Waals surface area contributed by atoms with Crippen molar-refractivity contribution in [1.29, 1.82) is 0 Å². The minimum absolute atomic E-state index is 0.185. The van der Waals surface area contributed by atoms with E-state index in [0.29, 0.717) is 19.6 Å². The molecule has 0 fully saturated rings. The van der Waals surface area contributed by atoms with Gasteiger partial charge >= 0.3 is 5.97 Å². The fraction of sp³-hybridized carbons (Fsp3) is 0.417. The molecule has 0 aromatic heterocycles. The zero-order valence-corrected chi connectivity index (χ0v) is 9.75. The van der Waals surface area contributed by atoms with E-state index in [9.17, 15) is 4.79 Å². The standard InChI is InChI=1S/C12H18N2O2/c1-3-16-12(15)6-7-14-10-5-4-9(2)11(13)8-10/h4-5,8,14H,3,6-7,13H2,1-2H3. The van der Waals surface area contributed by atoms with Crippen LogP contribution in [0.5, 0.6) is 0 Å². The van der Waals surface area contributed by atoms with E-state index in [1.807, 2.05) is 25.1 Å². The van der Waals surface area contributed by atoms with Gasteiger partial charge in [-0.2, -0.15) is 0 Å². The van der Waals surface area contributed by atoms with Gasteiger partial charge in [0.05, 0.1) is 13.0 Å². The number of rotatable bonds is 5. The van der Waals surface area contributed by atoms with Gasteiger partial charge in [0, 0.05) is 17.9 Å². The van der Waals surface area contributed by atoms with Crippen molar-refractivity contribution in [2.45, 2.75) is 20.3 Å². The molecule has 0 spiro atoms. The number of hydrogen-bond donors (Lipinski definition) is 2. The van der Waals surface area contributed by atoms with Gasteiger partial charge in [-0.15, -0.1) is 0 Å². The van der Waals surface area contributed by atoms with Gasteiger partial charge in [-0.25, -0.2) is 0 Å². The number of hydrogen-bond acceptors (Lipinski definition) is 4. The molecule has 0 aliphatic rings. The Morgan fingerprint density at radius 1 is 1.50 bits per heavy atom. The third kappa shape index (κ3) is 3.81. The Labute approximate surface area is 95.8 Å². The highest BCUT2D eigenvalue weighted by Crippen LogP contribution is 2.16. The van der Waals surface area contributed by atoms with E-state index in [1.165, 1.54) is 0 Å². The van der Waals surface area contributed by atoms with Crippen molar-refractivity contribution in [2.24, 2.45) is 0 Å². The molecule has 0 saturated carbocycles. The minimum Gasteiger partial charge on any atom is -0.466 e. The van der Waals surface area contributed by atoms with Crippen LogP contribution in [-0.2, 0) is 9.53 Å². The Morgan fingerprint density at radius 2 is 2.25 bits per heavy atom. The summed E-state index contributed by atoms with van der Waals surface area (Å²) >= 11 is 0. The molecular formula is C12H18N2O2. The van der Waals surface area contributed by atoms with Gasteiger partial charge in [-0.3, -0.25) is 4.79 Å². The molecule has 4 nitrogen and oxygen atoms in total. The van der Waals surface area contributed by atoms with E-state index < -0.39 is 0 Å². The molecule has 0 bridgehead atoms. The Kier molecular flexibility index (Phi) is 4.64. The van der Waals surface area contributed by atoms with Crippen LogP contribution < -0.4 is 11.1 Å². The Morgan fingerprint density at radius 3 is 2.88 bits per heavy atom. The molecule has 0 amide bonds. The van der Waals surface area contributed by atoms with Crippen LogP contribution in [0.3, 0.4) is 0 Å². The van der Waals surface area contributed by atoms with Gasteiger partial charge in [0.2, 0.25) is 0 Å². The lowest BCUT2D eigenvalue weighted by Gasteiger charge is -2.08. The number of anilines is 2. The average molecular weight is 222 g/mol. The molecule has 0 unspecified atom stereocenters. The maximum atomic E-state index is 11.1. The van der Waals surface area contributed by atoms with Gasteiger partial charge in [0.15, 0.2) is 0 Å². The molecule has 4 heteroatoms. The second kappa shape index (κ2) is 6.00. The smallest absolute Gasteiger partial charge is 0.307 e. The van der Waals surface area contributed by atoms with Crippen molar-refractivity contribution in [3.05, 3.63) is 23.8 Å². The van der Waals surface area contributed by atoms with Crippen LogP contribution in [0.2, 0.25) is 0 Å². The molecule has 16 heavy (non-hydrogen) atoms. The van der Waals surface area contributed by atoms with Crippen molar-refractivity contribution < 1.29 is 9.53 Å². The van der Waals surface area contributed by atoms with Gasteiger partial charge in [0.25, 0.3) is 0 Å². The third-order valence-electron chi connectivity index (χ3n) is 2.24. The number of carbonyl (C=O) groups is 1. The molecule has 0 atom stereocenters. The highest BCUT2D eigenvalue weighted by molar-refractivity contribution is 5.70. The molecule has 88 valence electrons. The predicted molar refractivity (Wildman–Crippen MR) is 65.3 cm³/mol.